The summed E-state index contributed by atoms with van der Waals surface area (Å²) in [7, 11) is 0. The van der Waals surface area contributed by atoms with Gasteiger partial charge < -0.3 is 10.4 Å². The Hall–Kier alpha value is -1.00. The zero-order valence-corrected chi connectivity index (χ0v) is 8.58. The summed E-state index contributed by atoms with van der Waals surface area (Å²) in [6, 6.07) is 7.71. The number of hydrogen-bond donors (Lipinski definition) is 2. The van der Waals surface area contributed by atoms with Crippen LogP contribution in [0.25, 0.3) is 0 Å². The van der Waals surface area contributed by atoms with Gasteiger partial charge >= 0.3 is 0 Å². The normalized spacial score (nSPS) is 13.1. The van der Waals surface area contributed by atoms with Crippen molar-refractivity contribution in [1.29, 1.82) is 0 Å². The molecule has 1 rings (SSSR count). The lowest BCUT2D eigenvalue weighted by Gasteiger charge is -2.11. The molecule has 0 saturated carbocycles. The first kappa shape index (κ1) is 12.1. The molecular formula is C11H15F2NO. The molecular weight excluding hydrogens is 200 g/mol. The SMILES string of the molecule is Cc1ccccc1CNCC(O)C(F)F. The highest BCUT2D eigenvalue weighted by atomic mass is 19.3. The fourth-order valence-corrected chi connectivity index (χ4v) is 1.25. The molecule has 0 heterocycles. The van der Waals surface area contributed by atoms with Crippen molar-refractivity contribution < 1.29 is 13.9 Å². The van der Waals surface area contributed by atoms with Gasteiger partial charge in [0.05, 0.1) is 0 Å². The van der Waals surface area contributed by atoms with Crippen LogP contribution in [0, 0.1) is 6.92 Å². The maximum absolute atomic E-state index is 11.9. The molecule has 0 spiro atoms. The van der Waals surface area contributed by atoms with E-state index in [-0.39, 0.29) is 6.54 Å². The van der Waals surface area contributed by atoms with Crippen molar-refractivity contribution in [3.8, 4) is 0 Å². The maximum atomic E-state index is 11.9. The number of aliphatic hydroxyl groups excluding tert-OH is 1. The third-order valence-electron chi connectivity index (χ3n) is 2.22. The van der Waals surface area contributed by atoms with Crippen molar-refractivity contribution in [2.75, 3.05) is 6.54 Å². The van der Waals surface area contributed by atoms with Gasteiger partial charge in [-0.15, -0.1) is 0 Å². The number of alkyl halides is 2. The summed E-state index contributed by atoms with van der Waals surface area (Å²) in [6.07, 6.45) is -4.27. The van der Waals surface area contributed by atoms with Gasteiger partial charge in [0, 0.05) is 13.1 Å². The molecule has 1 aromatic carbocycles. The number of benzene rings is 1. The second kappa shape index (κ2) is 5.78. The predicted octanol–water partition coefficient (Wildman–Crippen LogP) is 1.71. The van der Waals surface area contributed by atoms with E-state index in [1.807, 2.05) is 31.2 Å². The van der Waals surface area contributed by atoms with Crippen LogP contribution in [-0.2, 0) is 6.54 Å². The molecule has 0 amide bonds. The van der Waals surface area contributed by atoms with Crippen molar-refractivity contribution in [1.82, 2.24) is 5.32 Å². The molecule has 0 fully saturated rings. The van der Waals surface area contributed by atoms with Crippen LogP contribution in [0.3, 0.4) is 0 Å². The summed E-state index contributed by atoms with van der Waals surface area (Å²) in [5.41, 5.74) is 2.16. The summed E-state index contributed by atoms with van der Waals surface area (Å²) in [4.78, 5) is 0. The summed E-state index contributed by atoms with van der Waals surface area (Å²) in [6.45, 7) is 2.36. The number of nitrogens with one attached hydrogen (secondary N) is 1. The molecule has 0 aliphatic heterocycles. The molecule has 2 N–H and O–H groups in total. The topological polar surface area (TPSA) is 32.3 Å². The molecule has 4 heteroatoms. The van der Waals surface area contributed by atoms with E-state index >= 15 is 0 Å². The van der Waals surface area contributed by atoms with Gasteiger partial charge in [-0.3, -0.25) is 0 Å². The fourth-order valence-electron chi connectivity index (χ4n) is 1.25. The monoisotopic (exact) mass is 215 g/mol. The minimum atomic E-state index is -2.69. The van der Waals surface area contributed by atoms with Gasteiger partial charge in [0.15, 0.2) is 0 Å². The Balaban J connectivity index is 2.35. The van der Waals surface area contributed by atoms with Crippen LogP contribution in [0.1, 0.15) is 11.1 Å². The number of aliphatic hydroxyl groups is 1. The summed E-state index contributed by atoms with van der Waals surface area (Å²) >= 11 is 0. The van der Waals surface area contributed by atoms with Crippen LogP contribution in [-0.4, -0.2) is 24.2 Å². The number of rotatable bonds is 5. The van der Waals surface area contributed by atoms with Crippen LogP contribution in [0.2, 0.25) is 0 Å². The van der Waals surface area contributed by atoms with Gasteiger partial charge in [-0.2, -0.15) is 0 Å². The van der Waals surface area contributed by atoms with Gasteiger partial charge in [-0.25, -0.2) is 8.78 Å². The number of hydrogen-bond acceptors (Lipinski definition) is 2. The Morgan fingerprint density at radius 2 is 2.00 bits per heavy atom. The summed E-state index contributed by atoms with van der Waals surface area (Å²) in [5, 5.41) is 11.7. The lowest BCUT2D eigenvalue weighted by molar-refractivity contribution is -0.00341. The first-order valence-corrected chi connectivity index (χ1v) is 4.82. The standard InChI is InChI=1S/C11H15F2NO/c1-8-4-2-3-5-9(8)6-14-7-10(15)11(12)13/h2-5,10-11,14-15H,6-7H2,1H3. The quantitative estimate of drug-likeness (QED) is 0.783. The summed E-state index contributed by atoms with van der Waals surface area (Å²) < 4.78 is 23.9. The molecule has 0 bridgehead atoms. The Kier molecular flexibility index (Phi) is 4.65. The zero-order chi connectivity index (χ0) is 11.3. The highest BCUT2D eigenvalue weighted by Gasteiger charge is 2.15. The second-order valence-electron chi connectivity index (χ2n) is 3.46. The van der Waals surface area contributed by atoms with Crippen LogP contribution >= 0.6 is 0 Å². The Morgan fingerprint density at radius 3 is 2.60 bits per heavy atom. The third-order valence-corrected chi connectivity index (χ3v) is 2.22. The Morgan fingerprint density at radius 1 is 1.33 bits per heavy atom. The Labute approximate surface area is 87.9 Å². The van der Waals surface area contributed by atoms with Gasteiger partial charge in [0.25, 0.3) is 6.43 Å². The van der Waals surface area contributed by atoms with E-state index in [1.165, 1.54) is 0 Å². The molecule has 1 unspecified atom stereocenters. The lowest BCUT2D eigenvalue weighted by Crippen LogP contribution is -2.31. The second-order valence-corrected chi connectivity index (χ2v) is 3.46. The van der Waals surface area contributed by atoms with Crippen molar-refractivity contribution in [3.63, 3.8) is 0 Å². The van der Waals surface area contributed by atoms with E-state index in [0.717, 1.165) is 11.1 Å². The fraction of sp³-hybridized carbons (Fsp3) is 0.455. The maximum Gasteiger partial charge on any atom is 0.265 e. The molecule has 0 aromatic heterocycles. The van der Waals surface area contributed by atoms with E-state index in [2.05, 4.69) is 5.32 Å². The average Bonchev–Trinajstić information content (AvgIpc) is 2.20. The average molecular weight is 215 g/mol. The van der Waals surface area contributed by atoms with E-state index < -0.39 is 12.5 Å². The number of aryl methyl sites for hydroxylation is 1. The third kappa shape index (κ3) is 3.93. The minimum Gasteiger partial charge on any atom is -0.386 e. The minimum absolute atomic E-state index is 0.0913. The van der Waals surface area contributed by atoms with E-state index in [1.54, 1.807) is 0 Å². The van der Waals surface area contributed by atoms with Crippen molar-refractivity contribution in [2.24, 2.45) is 0 Å². The van der Waals surface area contributed by atoms with Crippen LogP contribution in [0.5, 0.6) is 0 Å². The molecule has 15 heavy (non-hydrogen) atoms. The highest BCUT2D eigenvalue weighted by Crippen LogP contribution is 2.06. The smallest absolute Gasteiger partial charge is 0.265 e. The molecule has 0 radical (unpaired) electrons. The molecule has 1 atom stereocenters. The van der Waals surface area contributed by atoms with Gasteiger partial charge in [0.1, 0.15) is 6.10 Å². The van der Waals surface area contributed by atoms with Crippen molar-refractivity contribution >= 4 is 0 Å². The van der Waals surface area contributed by atoms with Crippen LogP contribution in [0.15, 0.2) is 24.3 Å². The van der Waals surface area contributed by atoms with Gasteiger partial charge in [-0.1, -0.05) is 24.3 Å². The van der Waals surface area contributed by atoms with Gasteiger partial charge in [0.2, 0.25) is 0 Å². The van der Waals surface area contributed by atoms with Crippen molar-refractivity contribution in [2.45, 2.75) is 26.0 Å². The molecule has 0 aliphatic rings. The van der Waals surface area contributed by atoms with Gasteiger partial charge in [-0.05, 0) is 18.1 Å². The summed E-state index contributed by atoms with van der Waals surface area (Å²) in [5.74, 6) is 0. The number of halogens is 2. The molecule has 0 aliphatic carbocycles. The molecule has 1 aromatic rings. The molecule has 84 valence electrons. The molecule has 2 nitrogen and oxygen atoms in total. The molecule has 0 saturated heterocycles. The Bertz CT molecular complexity index is 304. The first-order valence-electron chi connectivity index (χ1n) is 4.82. The largest absolute Gasteiger partial charge is 0.386 e. The van der Waals surface area contributed by atoms with E-state index in [4.69, 9.17) is 5.11 Å². The van der Waals surface area contributed by atoms with Crippen LogP contribution < -0.4 is 5.32 Å². The highest BCUT2D eigenvalue weighted by molar-refractivity contribution is 5.25. The lowest BCUT2D eigenvalue weighted by atomic mass is 10.1. The zero-order valence-electron chi connectivity index (χ0n) is 8.58. The van der Waals surface area contributed by atoms with E-state index in [9.17, 15) is 8.78 Å². The first-order chi connectivity index (χ1) is 7.11. The predicted molar refractivity (Wildman–Crippen MR) is 54.9 cm³/mol. The van der Waals surface area contributed by atoms with Crippen LogP contribution in [0.4, 0.5) is 8.78 Å². The van der Waals surface area contributed by atoms with Crippen molar-refractivity contribution in [3.05, 3.63) is 35.4 Å². The van der Waals surface area contributed by atoms with E-state index in [0.29, 0.717) is 6.54 Å².